The van der Waals surface area contributed by atoms with Gasteiger partial charge in [-0.2, -0.15) is 13.2 Å². The number of nitrogens with one attached hydrogen (secondary N) is 1. The van der Waals surface area contributed by atoms with Gasteiger partial charge in [-0.3, -0.25) is 9.78 Å². The lowest BCUT2D eigenvalue weighted by Gasteiger charge is -2.13. The first-order valence-corrected chi connectivity index (χ1v) is 7.90. The number of aromatic nitrogens is 1. The third-order valence-electron chi connectivity index (χ3n) is 3.78. The number of rotatable bonds is 5. The lowest BCUT2D eigenvalue weighted by Crippen LogP contribution is -2.20. The van der Waals surface area contributed by atoms with Crippen molar-refractivity contribution in [3.63, 3.8) is 0 Å². The first-order chi connectivity index (χ1) is 12.9. The van der Waals surface area contributed by atoms with Crippen molar-refractivity contribution in [2.45, 2.75) is 6.18 Å². The summed E-state index contributed by atoms with van der Waals surface area (Å²) < 4.78 is 49.7. The molecule has 0 atom stereocenters. The van der Waals surface area contributed by atoms with Crippen LogP contribution in [0, 0.1) is 0 Å². The van der Waals surface area contributed by atoms with Crippen molar-refractivity contribution in [2.24, 2.45) is 0 Å². The number of benzene rings is 2. The third kappa shape index (κ3) is 4.28. The van der Waals surface area contributed by atoms with Crippen LogP contribution in [0.4, 0.5) is 18.9 Å². The van der Waals surface area contributed by atoms with Crippen LogP contribution in [0.2, 0.25) is 0 Å². The number of halogens is 3. The minimum absolute atomic E-state index is 0.199. The summed E-state index contributed by atoms with van der Waals surface area (Å²) in [6, 6.07) is 11.8. The zero-order chi connectivity index (χ0) is 19.4. The number of amides is 1. The number of hydrogen-bond acceptors (Lipinski definition) is 4. The highest BCUT2D eigenvalue weighted by atomic mass is 19.4. The number of nitrogens with zero attached hydrogens (tertiary/aromatic N) is 1. The van der Waals surface area contributed by atoms with E-state index in [1.165, 1.54) is 31.5 Å². The summed E-state index contributed by atoms with van der Waals surface area (Å²) in [6.07, 6.45) is -3.32. The summed E-state index contributed by atoms with van der Waals surface area (Å²) in [7, 11) is 1.53. The summed E-state index contributed by atoms with van der Waals surface area (Å²) in [5.41, 5.74) is -0.848. The Labute approximate surface area is 152 Å². The lowest BCUT2D eigenvalue weighted by molar-refractivity contribution is -0.136. The molecule has 3 aromatic rings. The van der Waals surface area contributed by atoms with E-state index in [1.54, 1.807) is 24.3 Å². The van der Waals surface area contributed by atoms with Crippen LogP contribution < -0.4 is 14.8 Å². The van der Waals surface area contributed by atoms with Gasteiger partial charge in [-0.15, -0.1) is 0 Å². The average Bonchev–Trinajstić information content (AvgIpc) is 2.66. The highest BCUT2D eigenvalue weighted by molar-refractivity contribution is 6.02. The van der Waals surface area contributed by atoms with Crippen LogP contribution in [0.25, 0.3) is 10.9 Å². The molecular formula is C19H15F3N2O3. The second-order valence-electron chi connectivity index (χ2n) is 5.57. The molecule has 1 heterocycles. The molecule has 8 heteroatoms. The topological polar surface area (TPSA) is 60.5 Å². The first kappa shape index (κ1) is 18.5. The Morgan fingerprint density at radius 3 is 2.44 bits per heavy atom. The van der Waals surface area contributed by atoms with Gasteiger partial charge in [0.25, 0.3) is 5.91 Å². The number of alkyl halides is 3. The van der Waals surface area contributed by atoms with Crippen molar-refractivity contribution < 1.29 is 27.4 Å². The molecule has 0 aliphatic rings. The molecule has 1 aromatic heterocycles. The maximum Gasteiger partial charge on any atom is 0.418 e. The molecule has 0 unspecified atom stereocenters. The van der Waals surface area contributed by atoms with Gasteiger partial charge >= 0.3 is 6.18 Å². The molecule has 0 spiro atoms. The van der Waals surface area contributed by atoms with Gasteiger partial charge in [0.2, 0.25) is 0 Å². The van der Waals surface area contributed by atoms with Gasteiger partial charge in [-0.05, 0) is 36.4 Å². The van der Waals surface area contributed by atoms with Gasteiger partial charge in [-0.1, -0.05) is 12.1 Å². The van der Waals surface area contributed by atoms with E-state index in [0.717, 1.165) is 6.07 Å². The molecule has 1 amide bonds. The SMILES string of the molecule is COc1ccc(OCC(=O)Nc2ccnc3c(C(F)(F)F)cccc23)cc1. The van der Waals surface area contributed by atoms with E-state index >= 15 is 0 Å². The predicted molar refractivity (Wildman–Crippen MR) is 93.9 cm³/mol. The van der Waals surface area contributed by atoms with E-state index in [2.05, 4.69) is 10.3 Å². The maximum absolute atomic E-state index is 13.1. The Morgan fingerprint density at radius 2 is 1.78 bits per heavy atom. The average molecular weight is 376 g/mol. The standard InChI is InChI=1S/C19H15F3N2O3/c1-26-12-5-7-13(8-6-12)27-11-17(25)24-16-9-10-23-18-14(16)3-2-4-15(18)19(20,21)22/h2-10H,11H2,1H3,(H,23,24,25). The number of pyridine rings is 1. The Kier molecular flexibility index (Phi) is 5.16. The number of ether oxygens (including phenoxy) is 2. The van der Waals surface area contributed by atoms with Crippen molar-refractivity contribution in [3.8, 4) is 11.5 Å². The number of methoxy groups -OCH3 is 1. The zero-order valence-corrected chi connectivity index (χ0v) is 14.2. The van der Waals surface area contributed by atoms with Gasteiger partial charge in [0.1, 0.15) is 11.5 Å². The van der Waals surface area contributed by atoms with Crippen molar-refractivity contribution in [2.75, 3.05) is 19.0 Å². The molecule has 0 fully saturated rings. The first-order valence-electron chi connectivity index (χ1n) is 7.90. The van der Waals surface area contributed by atoms with E-state index in [0.29, 0.717) is 11.5 Å². The molecule has 0 bridgehead atoms. The van der Waals surface area contributed by atoms with Gasteiger partial charge < -0.3 is 14.8 Å². The number of carbonyl (C=O) groups is 1. The summed E-state index contributed by atoms with van der Waals surface area (Å²) >= 11 is 0. The third-order valence-corrected chi connectivity index (χ3v) is 3.78. The molecule has 0 saturated heterocycles. The molecule has 2 aromatic carbocycles. The van der Waals surface area contributed by atoms with Crippen LogP contribution in [-0.2, 0) is 11.0 Å². The smallest absolute Gasteiger partial charge is 0.418 e. The van der Waals surface area contributed by atoms with Crippen LogP contribution in [0.5, 0.6) is 11.5 Å². The minimum Gasteiger partial charge on any atom is -0.497 e. The summed E-state index contributed by atoms with van der Waals surface area (Å²) in [5, 5.41) is 2.76. The number of anilines is 1. The minimum atomic E-state index is -4.54. The number of fused-ring (bicyclic) bond motifs is 1. The zero-order valence-electron chi connectivity index (χ0n) is 14.2. The largest absolute Gasteiger partial charge is 0.497 e. The highest BCUT2D eigenvalue weighted by Crippen LogP contribution is 2.35. The Hall–Kier alpha value is -3.29. The van der Waals surface area contributed by atoms with Crippen molar-refractivity contribution >= 4 is 22.5 Å². The summed E-state index contributed by atoms with van der Waals surface area (Å²) in [5.74, 6) is 0.608. The van der Waals surface area contributed by atoms with Crippen LogP contribution in [0.1, 0.15) is 5.56 Å². The summed E-state index contributed by atoms with van der Waals surface area (Å²) in [4.78, 5) is 15.9. The van der Waals surface area contributed by atoms with Gasteiger partial charge in [0.05, 0.1) is 23.9 Å². The van der Waals surface area contributed by atoms with E-state index in [-0.39, 0.29) is 23.2 Å². The van der Waals surface area contributed by atoms with Gasteiger partial charge in [0, 0.05) is 11.6 Å². The predicted octanol–water partition coefficient (Wildman–Crippen LogP) is 4.28. The van der Waals surface area contributed by atoms with E-state index in [1.807, 2.05) is 0 Å². The number of carbonyl (C=O) groups excluding carboxylic acids is 1. The van der Waals surface area contributed by atoms with Crippen LogP contribution >= 0.6 is 0 Å². The van der Waals surface area contributed by atoms with Crippen molar-refractivity contribution in [3.05, 3.63) is 60.3 Å². The molecule has 140 valence electrons. The van der Waals surface area contributed by atoms with E-state index < -0.39 is 17.6 Å². The molecule has 1 N–H and O–H groups in total. The van der Waals surface area contributed by atoms with Crippen LogP contribution in [0.3, 0.4) is 0 Å². The second kappa shape index (κ2) is 7.53. The number of hydrogen-bond donors (Lipinski definition) is 1. The molecular weight excluding hydrogens is 361 g/mol. The van der Waals surface area contributed by atoms with Crippen LogP contribution in [0.15, 0.2) is 54.7 Å². The Morgan fingerprint density at radius 1 is 1.07 bits per heavy atom. The second-order valence-corrected chi connectivity index (χ2v) is 5.57. The molecule has 27 heavy (non-hydrogen) atoms. The molecule has 0 radical (unpaired) electrons. The fourth-order valence-electron chi connectivity index (χ4n) is 2.52. The summed E-state index contributed by atoms with van der Waals surface area (Å²) in [6.45, 7) is -0.297. The van der Waals surface area contributed by atoms with Crippen LogP contribution in [-0.4, -0.2) is 24.6 Å². The normalized spacial score (nSPS) is 11.3. The van der Waals surface area contributed by atoms with Crippen molar-refractivity contribution in [1.29, 1.82) is 0 Å². The van der Waals surface area contributed by atoms with Gasteiger partial charge in [0.15, 0.2) is 6.61 Å². The van der Waals surface area contributed by atoms with E-state index in [9.17, 15) is 18.0 Å². The fourth-order valence-corrected chi connectivity index (χ4v) is 2.52. The maximum atomic E-state index is 13.1. The Bertz CT molecular complexity index is 957. The number of para-hydroxylation sites is 1. The van der Waals surface area contributed by atoms with Gasteiger partial charge in [-0.25, -0.2) is 0 Å². The van der Waals surface area contributed by atoms with E-state index in [4.69, 9.17) is 9.47 Å². The molecule has 5 nitrogen and oxygen atoms in total. The molecule has 0 saturated carbocycles. The monoisotopic (exact) mass is 376 g/mol. The molecule has 0 aliphatic heterocycles. The van der Waals surface area contributed by atoms with Crippen molar-refractivity contribution in [1.82, 2.24) is 4.98 Å². The highest BCUT2D eigenvalue weighted by Gasteiger charge is 2.33. The molecule has 0 aliphatic carbocycles. The molecule has 3 rings (SSSR count). The Balaban J connectivity index is 1.75. The fraction of sp³-hybridized carbons (Fsp3) is 0.158. The lowest BCUT2D eigenvalue weighted by atomic mass is 10.1. The quantitative estimate of drug-likeness (QED) is 0.722.